The van der Waals surface area contributed by atoms with Crippen molar-refractivity contribution >= 4 is 23.2 Å². The van der Waals surface area contributed by atoms with Crippen LogP contribution in [0.1, 0.15) is 22.1 Å². The maximum Gasteiger partial charge on any atom is 0.262 e. The van der Waals surface area contributed by atoms with Crippen molar-refractivity contribution in [1.82, 2.24) is 0 Å². The van der Waals surface area contributed by atoms with Gasteiger partial charge in [0.1, 0.15) is 25.1 Å². The Kier molecular flexibility index (Phi) is 5.03. The number of para-hydroxylation sites is 1. The molecule has 8 nitrogen and oxygen atoms in total. The Balaban J connectivity index is 1.53. The maximum absolute atomic E-state index is 13.6. The fraction of sp³-hybridized carbons (Fsp3) is 0.167. The summed E-state index contributed by atoms with van der Waals surface area (Å²) in [7, 11) is 0. The van der Waals surface area contributed by atoms with Crippen LogP contribution in [-0.2, 0) is 4.79 Å². The Morgan fingerprint density at radius 1 is 1.03 bits per heavy atom. The van der Waals surface area contributed by atoms with Gasteiger partial charge in [-0.05, 0) is 42.0 Å². The zero-order chi connectivity index (χ0) is 22.1. The lowest BCUT2D eigenvalue weighted by atomic mass is 10.0. The van der Waals surface area contributed by atoms with Gasteiger partial charge in [0.05, 0.1) is 11.3 Å². The predicted octanol–water partition coefficient (Wildman–Crippen LogP) is 3.09. The molecule has 0 fully saturated rings. The molecule has 2 heterocycles. The molecule has 3 aromatic rings. The molecule has 0 bridgehead atoms. The topological polar surface area (TPSA) is 103 Å². The van der Waals surface area contributed by atoms with Crippen LogP contribution in [0.2, 0.25) is 0 Å². The number of nitrogens with two attached hydrogens (primary N) is 1. The van der Waals surface area contributed by atoms with Crippen LogP contribution in [0.4, 0.5) is 11.4 Å². The number of rotatable bonds is 5. The van der Waals surface area contributed by atoms with E-state index in [1.165, 1.54) is 0 Å². The van der Waals surface area contributed by atoms with Crippen molar-refractivity contribution in [3.63, 3.8) is 0 Å². The van der Waals surface area contributed by atoms with Gasteiger partial charge in [-0.3, -0.25) is 14.5 Å². The van der Waals surface area contributed by atoms with E-state index in [4.69, 9.17) is 19.9 Å². The zero-order valence-corrected chi connectivity index (χ0v) is 17.1. The minimum Gasteiger partial charge on any atom is -0.486 e. The Morgan fingerprint density at radius 2 is 1.78 bits per heavy atom. The lowest BCUT2D eigenvalue weighted by Crippen LogP contribution is -2.43. The number of nitrogens with zero attached hydrogens (tertiary/aromatic N) is 1. The summed E-state index contributed by atoms with van der Waals surface area (Å²) in [5.41, 5.74) is 8.00. The highest BCUT2D eigenvalue weighted by atomic mass is 16.6. The molecule has 0 aliphatic carbocycles. The van der Waals surface area contributed by atoms with Crippen molar-refractivity contribution in [3.8, 4) is 17.2 Å². The molecule has 8 heteroatoms. The number of benzene rings is 3. The van der Waals surface area contributed by atoms with Crippen LogP contribution >= 0.6 is 0 Å². The van der Waals surface area contributed by atoms with Crippen molar-refractivity contribution in [3.05, 3.63) is 77.9 Å². The molecule has 2 aliphatic heterocycles. The normalized spacial score (nSPS) is 16.7. The summed E-state index contributed by atoms with van der Waals surface area (Å²) < 4.78 is 16.7. The summed E-state index contributed by atoms with van der Waals surface area (Å²) in [6.45, 7) is 0.759. The van der Waals surface area contributed by atoms with Crippen molar-refractivity contribution in [2.24, 2.45) is 5.73 Å². The molecule has 0 radical (unpaired) electrons. The average molecular weight is 431 g/mol. The molecule has 0 saturated heterocycles. The number of nitrogens with one attached hydrogen (secondary N) is 1. The monoisotopic (exact) mass is 431 g/mol. The van der Waals surface area contributed by atoms with Crippen LogP contribution in [-0.4, -0.2) is 31.6 Å². The number of hydrogen-bond acceptors (Lipinski definition) is 6. The van der Waals surface area contributed by atoms with Gasteiger partial charge < -0.3 is 25.3 Å². The summed E-state index contributed by atoms with van der Waals surface area (Å²) in [6, 6.07) is 20.1. The van der Waals surface area contributed by atoms with Crippen LogP contribution in [0.15, 0.2) is 66.7 Å². The highest BCUT2D eigenvalue weighted by Gasteiger charge is 2.34. The van der Waals surface area contributed by atoms with E-state index < -0.39 is 12.1 Å². The molecule has 2 amide bonds. The number of ether oxygens (including phenoxy) is 3. The van der Waals surface area contributed by atoms with Crippen LogP contribution in [0.5, 0.6) is 17.2 Å². The third-order valence-corrected chi connectivity index (χ3v) is 5.31. The summed E-state index contributed by atoms with van der Waals surface area (Å²) in [4.78, 5) is 26.2. The minimum atomic E-state index is -0.546. The second-order valence-electron chi connectivity index (χ2n) is 7.42. The number of amides is 2. The molecule has 1 atom stereocenters. The first kappa shape index (κ1) is 19.7. The Bertz CT molecular complexity index is 1180. The summed E-state index contributed by atoms with van der Waals surface area (Å²) in [5, 5.41) is 3.46. The lowest BCUT2D eigenvalue weighted by Gasteiger charge is -2.38. The number of anilines is 2. The number of primary amides is 1. The molecule has 32 heavy (non-hydrogen) atoms. The Hall–Kier alpha value is -4.20. The van der Waals surface area contributed by atoms with Gasteiger partial charge in [-0.1, -0.05) is 24.3 Å². The second-order valence-corrected chi connectivity index (χ2v) is 7.42. The van der Waals surface area contributed by atoms with E-state index in [-0.39, 0.29) is 12.5 Å². The van der Waals surface area contributed by atoms with Crippen LogP contribution in [0, 0.1) is 0 Å². The van der Waals surface area contributed by atoms with E-state index >= 15 is 0 Å². The van der Waals surface area contributed by atoms with Gasteiger partial charge in [-0.25, -0.2) is 0 Å². The molecule has 1 unspecified atom stereocenters. The second kappa shape index (κ2) is 8.14. The Labute approximate surface area is 184 Å². The van der Waals surface area contributed by atoms with E-state index in [9.17, 15) is 9.59 Å². The van der Waals surface area contributed by atoms with Crippen molar-refractivity contribution in [1.29, 1.82) is 0 Å². The molecule has 5 rings (SSSR count). The minimum absolute atomic E-state index is 0.130. The third kappa shape index (κ3) is 3.66. The number of carbonyl (C=O) groups excluding carboxylic acids is 2. The summed E-state index contributed by atoms with van der Waals surface area (Å²) in [6.07, 6.45) is -0.467. The predicted molar refractivity (Wildman–Crippen MR) is 118 cm³/mol. The fourth-order valence-electron chi connectivity index (χ4n) is 3.84. The molecule has 2 aliphatic rings. The SMILES string of the molecule is NC(=O)COc1ccc(C2Nc3ccccc3C(=O)N2c2ccc3c(c2)OCCO3)cc1. The van der Waals surface area contributed by atoms with Crippen LogP contribution < -0.4 is 30.2 Å². The van der Waals surface area contributed by atoms with Gasteiger partial charge in [0.15, 0.2) is 18.1 Å². The first-order chi connectivity index (χ1) is 15.6. The zero-order valence-electron chi connectivity index (χ0n) is 17.1. The van der Waals surface area contributed by atoms with E-state index in [0.29, 0.717) is 41.7 Å². The largest absolute Gasteiger partial charge is 0.486 e. The van der Waals surface area contributed by atoms with Crippen LogP contribution in [0.25, 0.3) is 0 Å². The molecule has 162 valence electrons. The van der Waals surface area contributed by atoms with Gasteiger partial charge in [0.25, 0.3) is 11.8 Å². The number of hydrogen-bond donors (Lipinski definition) is 2. The lowest BCUT2D eigenvalue weighted by molar-refractivity contribution is -0.119. The average Bonchev–Trinajstić information content (AvgIpc) is 2.83. The smallest absolute Gasteiger partial charge is 0.262 e. The summed E-state index contributed by atoms with van der Waals surface area (Å²) in [5.74, 6) is 1.10. The van der Waals surface area contributed by atoms with Crippen LogP contribution in [0.3, 0.4) is 0 Å². The van der Waals surface area contributed by atoms with Gasteiger partial charge in [-0.2, -0.15) is 0 Å². The van der Waals surface area contributed by atoms with Gasteiger partial charge >= 0.3 is 0 Å². The number of fused-ring (bicyclic) bond motifs is 2. The molecular weight excluding hydrogens is 410 g/mol. The van der Waals surface area contributed by atoms with E-state index in [0.717, 1.165) is 11.3 Å². The molecular formula is C24H21N3O5. The maximum atomic E-state index is 13.6. The molecule has 0 saturated carbocycles. The molecule has 0 spiro atoms. The van der Waals surface area contributed by atoms with Gasteiger partial charge in [-0.15, -0.1) is 0 Å². The third-order valence-electron chi connectivity index (χ3n) is 5.31. The quantitative estimate of drug-likeness (QED) is 0.644. The standard InChI is InChI=1S/C24H21N3O5/c25-22(28)14-32-17-8-5-15(6-9-17)23-26-19-4-2-1-3-18(19)24(29)27(23)16-7-10-20-21(13-16)31-12-11-30-20/h1-10,13,23,26H,11-12,14H2,(H2,25,28). The summed E-state index contributed by atoms with van der Waals surface area (Å²) >= 11 is 0. The van der Waals surface area contributed by atoms with E-state index in [1.54, 1.807) is 23.1 Å². The highest BCUT2D eigenvalue weighted by Crippen LogP contribution is 2.40. The molecule has 0 aromatic heterocycles. The molecule has 3 N–H and O–H groups in total. The van der Waals surface area contributed by atoms with Crippen molar-refractivity contribution < 1.29 is 23.8 Å². The van der Waals surface area contributed by atoms with Gasteiger partial charge in [0.2, 0.25) is 0 Å². The fourth-order valence-corrected chi connectivity index (χ4v) is 3.84. The first-order valence-corrected chi connectivity index (χ1v) is 10.2. The van der Waals surface area contributed by atoms with Crippen molar-refractivity contribution in [2.75, 3.05) is 30.0 Å². The number of carbonyl (C=O) groups is 2. The highest BCUT2D eigenvalue weighted by molar-refractivity contribution is 6.12. The van der Waals surface area contributed by atoms with E-state index in [1.807, 2.05) is 48.5 Å². The van der Waals surface area contributed by atoms with E-state index in [2.05, 4.69) is 5.32 Å². The van der Waals surface area contributed by atoms with Gasteiger partial charge in [0, 0.05) is 11.8 Å². The van der Waals surface area contributed by atoms with Crippen molar-refractivity contribution in [2.45, 2.75) is 6.17 Å². The first-order valence-electron chi connectivity index (χ1n) is 10.2. The Morgan fingerprint density at radius 3 is 2.56 bits per heavy atom. The molecule has 3 aromatic carbocycles.